The number of aromatic nitrogens is 4. The Bertz CT molecular complexity index is 575. The van der Waals surface area contributed by atoms with Gasteiger partial charge in [0, 0.05) is 6.20 Å². The number of halogens is 1. The predicted octanol–water partition coefficient (Wildman–Crippen LogP) is 0.466. The maximum absolute atomic E-state index is 11.6. The highest BCUT2D eigenvalue weighted by Gasteiger charge is 2.08. The molecule has 0 atom stereocenters. The summed E-state index contributed by atoms with van der Waals surface area (Å²) in [5.41, 5.74) is -0.311. The summed E-state index contributed by atoms with van der Waals surface area (Å²) >= 11 is 5.54. The number of hydrogen-bond donors (Lipinski definition) is 2. The van der Waals surface area contributed by atoms with Gasteiger partial charge < -0.3 is 10.3 Å². The summed E-state index contributed by atoms with van der Waals surface area (Å²) in [6, 6.07) is 2.99. The van der Waals surface area contributed by atoms with E-state index in [-0.39, 0.29) is 22.2 Å². The zero-order chi connectivity index (χ0) is 12.3. The molecule has 0 spiro atoms. The van der Waals surface area contributed by atoms with E-state index in [1.54, 1.807) is 0 Å². The lowest BCUT2D eigenvalue weighted by atomic mass is 10.4. The van der Waals surface area contributed by atoms with Gasteiger partial charge in [-0.1, -0.05) is 11.6 Å². The number of nitrogens with zero attached hydrogens (tertiary/aromatic N) is 3. The van der Waals surface area contributed by atoms with E-state index >= 15 is 0 Å². The SMILES string of the molecule is O=C(Nc1ccc(Cl)nn1)c1c[nH]c(=O)cn1. The molecular weight excluding hydrogens is 246 g/mol. The molecule has 0 bridgehead atoms. The Balaban J connectivity index is 2.14. The number of nitrogens with one attached hydrogen (secondary N) is 2. The maximum atomic E-state index is 11.6. The van der Waals surface area contributed by atoms with E-state index < -0.39 is 5.91 Å². The van der Waals surface area contributed by atoms with Crippen molar-refractivity contribution in [3.8, 4) is 0 Å². The van der Waals surface area contributed by atoms with Gasteiger partial charge in [-0.05, 0) is 12.1 Å². The van der Waals surface area contributed by atoms with Crippen LogP contribution in [-0.2, 0) is 0 Å². The number of hydrogen-bond acceptors (Lipinski definition) is 5. The first-order valence-electron chi connectivity index (χ1n) is 4.50. The molecule has 17 heavy (non-hydrogen) atoms. The Morgan fingerprint density at radius 3 is 2.76 bits per heavy atom. The Labute approximate surface area is 99.9 Å². The van der Waals surface area contributed by atoms with Crippen molar-refractivity contribution in [2.45, 2.75) is 0 Å². The molecular formula is C9H6ClN5O2. The van der Waals surface area contributed by atoms with Gasteiger partial charge in [0.1, 0.15) is 5.69 Å². The highest BCUT2D eigenvalue weighted by Crippen LogP contribution is 2.06. The molecule has 1 amide bonds. The molecule has 2 aromatic rings. The van der Waals surface area contributed by atoms with Gasteiger partial charge in [0.2, 0.25) is 0 Å². The lowest BCUT2D eigenvalue weighted by Gasteiger charge is -2.01. The third-order valence-corrected chi connectivity index (χ3v) is 1.98. The van der Waals surface area contributed by atoms with E-state index in [9.17, 15) is 9.59 Å². The first-order valence-corrected chi connectivity index (χ1v) is 4.88. The largest absolute Gasteiger partial charge is 0.325 e. The normalized spacial score (nSPS) is 9.94. The van der Waals surface area contributed by atoms with E-state index in [0.717, 1.165) is 6.20 Å². The lowest BCUT2D eigenvalue weighted by molar-refractivity contribution is 0.102. The summed E-state index contributed by atoms with van der Waals surface area (Å²) < 4.78 is 0. The second-order valence-corrected chi connectivity index (χ2v) is 3.38. The van der Waals surface area contributed by atoms with Crippen LogP contribution in [0.4, 0.5) is 5.82 Å². The fourth-order valence-corrected chi connectivity index (χ4v) is 1.13. The van der Waals surface area contributed by atoms with Gasteiger partial charge in [-0.2, -0.15) is 0 Å². The number of aromatic amines is 1. The third kappa shape index (κ3) is 2.85. The van der Waals surface area contributed by atoms with Crippen LogP contribution in [0.5, 0.6) is 0 Å². The molecule has 2 rings (SSSR count). The van der Waals surface area contributed by atoms with Crippen LogP contribution in [0.25, 0.3) is 0 Å². The first-order chi connectivity index (χ1) is 8.15. The van der Waals surface area contributed by atoms with Crippen molar-refractivity contribution in [3.05, 3.63) is 45.7 Å². The van der Waals surface area contributed by atoms with E-state index in [1.165, 1.54) is 18.3 Å². The Hall–Kier alpha value is -2.28. The highest BCUT2D eigenvalue weighted by molar-refractivity contribution is 6.29. The van der Waals surface area contributed by atoms with Gasteiger partial charge >= 0.3 is 0 Å². The van der Waals surface area contributed by atoms with Crippen LogP contribution in [0, 0.1) is 0 Å². The second-order valence-electron chi connectivity index (χ2n) is 2.99. The smallest absolute Gasteiger partial charge is 0.276 e. The molecule has 8 heteroatoms. The summed E-state index contributed by atoms with van der Waals surface area (Å²) in [6.07, 6.45) is 2.23. The molecule has 2 heterocycles. The molecule has 0 fully saturated rings. The maximum Gasteiger partial charge on any atom is 0.276 e. The molecule has 7 nitrogen and oxygen atoms in total. The Morgan fingerprint density at radius 1 is 1.35 bits per heavy atom. The molecule has 0 aliphatic heterocycles. The number of anilines is 1. The fraction of sp³-hybridized carbons (Fsp3) is 0. The number of rotatable bonds is 2. The van der Waals surface area contributed by atoms with E-state index in [0.29, 0.717) is 0 Å². The molecule has 0 aliphatic carbocycles. The summed E-state index contributed by atoms with van der Waals surface area (Å²) in [6.45, 7) is 0. The van der Waals surface area contributed by atoms with Crippen molar-refractivity contribution in [2.75, 3.05) is 5.32 Å². The second kappa shape index (κ2) is 4.71. The average Bonchev–Trinajstić information content (AvgIpc) is 2.33. The van der Waals surface area contributed by atoms with Crippen LogP contribution in [0.15, 0.2) is 29.3 Å². The minimum absolute atomic E-state index is 0.0707. The third-order valence-electron chi connectivity index (χ3n) is 1.78. The number of carbonyl (C=O) groups is 1. The van der Waals surface area contributed by atoms with Gasteiger partial charge in [0.05, 0.1) is 6.20 Å². The van der Waals surface area contributed by atoms with Crippen LogP contribution in [0.3, 0.4) is 0 Å². The number of carbonyl (C=O) groups excluding carboxylic acids is 1. The summed E-state index contributed by atoms with van der Waals surface area (Å²) in [4.78, 5) is 28.4. The summed E-state index contributed by atoms with van der Waals surface area (Å²) in [5.74, 6) is -0.259. The predicted molar refractivity (Wildman–Crippen MR) is 59.9 cm³/mol. The molecule has 0 saturated carbocycles. The standard InChI is InChI=1S/C9H6ClN5O2/c10-6-1-2-7(15-14-6)13-9(17)5-3-12-8(16)4-11-5/h1-4H,(H,12,16)(H,13,15,17). The molecule has 0 aromatic carbocycles. The molecule has 0 saturated heterocycles. The minimum atomic E-state index is -0.502. The van der Waals surface area contributed by atoms with Crippen LogP contribution in [-0.4, -0.2) is 26.1 Å². The van der Waals surface area contributed by atoms with Crippen LogP contribution in [0.1, 0.15) is 10.5 Å². The monoisotopic (exact) mass is 251 g/mol. The highest BCUT2D eigenvalue weighted by atomic mass is 35.5. The van der Waals surface area contributed by atoms with Gasteiger partial charge in [-0.3, -0.25) is 9.59 Å². The van der Waals surface area contributed by atoms with E-state index in [4.69, 9.17) is 11.6 Å². The Morgan fingerprint density at radius 2 is 2.18 bits per heavy atom. The lowest BCUT2D eigenvalue weighted by Crippen LogP contribution is -2.17. The topological polar surface area (TPSA) is 101 Å². The Kier molecular flexibility index (Phi) is 3.10. The molecule has 0 aliphatic rings. The molecule has 0 radical (unpaired) electrons. The molecule has 2 N–H and O–H groups in total. The van der Waals surface area contributed by atoms with Crippen molar-refractivity contribution in [1.29, 1.82) is 0 Å². The van der Waals surface area contributed by atoms with E-state index in [2.05, 4.69) is 25.5 Å². The fourth-order valence-electron chi connectivity index (χ4n) is 1.03. The van der Waals surface area contributed by atoms with Crippen LogP contribution < -0.4 is 10.9 Å². The number of amides is 1. The number of H-pyrrole nitrogens is 1. The van der Waals surface area contributed by atoms with Gasteiger partial charge in [-0.25, -0.2) is 4.98 Å². The van der Waals surface area contributed by atoms with Crippen LogP contribution >= 0.6 is 11.6 Å². The average molecular weight is 252 g/mol. The van der Waals surface area contributed by atoms with Crippen molar-refractivity contribution in [1.82, 2.24) is 20.2 Å². The summed E-state index contributed by atoms with van der Waals surface area (Å²) in [7, 11) is 0. The van der Waals surface area contributed by atoms with Gasteiger partial charge in [0.15, 0.2) is 11.0 Å². The van der Waals surface area contributed by atoms with Crippen molar-refractivity contribution >= 4 is 23.3 Å². The molecule has 2 aromatic heterocycles. The van der Waals surface area contributed by atoms with Crippen LogP contribution in [0.2, 0.25) is 5.15 Å². The van der Waals surface area contributed by atoms with Crippen molar-refractivity contribution < 1.29 is 4.79 Å². The minimum Gasteiger partial charge on any atom is -0.325 e. The molecule has 0 unspecified atom stereocenters. The van der Waals surface area contributed by atoms with Crippen molar-refractivity contribution in [2.24, 2.45) is 0 Å². The zero-order valence-electron chi connectivity index (χ0n) is 8.35. The molecule has 86 valence electrons. The van der Waals surface area contributed by atoms with Gasteiger partial charge in [-0.15, -0.1) is 10.2 Å². The van der Waals surface area contributed by atoms with Gasteiger partial charge in [0.25, 0.3) is 11.5 Å². The summed E-state index contributed by atoms with van der Waals surface area (Å²) in [5, 5.41) is 9.89. The van der Waals surface area contributed by atoms with E-state index in [1.807, 2.05) is 0 Å². The zero-order valence-corrected chi connectivity index (χ0v) is 9.10. The quantitative estimate of drug-likeness (QED) is 0.808. The first kappa shape index (κ1) is 11.2. The van der Waals surface area contributed by atoms with Crippen molar-refractivity contribution in [3.63, 3.8) is 0 Å².